The molecule has 7 heteroatoms. The number of guanidine groups is 1. The van der Waals surface area contributed by atoms with E-state index in [2.05, 4.69) is 24.2 Å². The number of rotatable bonds is 14. The first-order valence-electron chi connectivity index (χ1n) is 11.1. The Bertz CT molecular complexity index is 698. The average Bonchev–Trinajstić information content (AvgIpc) is 2.99. The molecule has 0 spiro atoms. The lowest BCUT2D eigenvalue weighted by atomic mass is 9.87. The van der Waals surface area contributed by atoms with Crippen LogP contribution in [0.15, 0.2) is 35.3 Å². The van der Waals surface area contributed by atoms with E-state index >= 15 is 0 Å². The molecule has 7 nitrogen and oxygen atoms in total. The number of hydrogen-bond donors (Lipinski definition) is 2. The number of aliphatic imine (C=N–C) groups is 1. The molecule has 2 rings (SSSR count). The molecule has 166 valence electrons. The van der Waals surface area contributed by atoms with E-state index < -0.39 is 5.54 Å². The van der Waals surface area contributed by atoms with Gasteiger partial charge in [0.2, 0.25) is 0 Å². The van der Waals surface area contributed by atoms with Gasteiger partial charge < -0.3 is 15.8 Å². The van der Waals surface area contributed by atoms with Crippen LogP contribution in [0.3, 0.4) is 0 Å². The van der Waals surface area contributed by atoms with E-state index in [-0.39, 0.29) is 18.4 Å². The van der Waals surface area contributed by atoms with Crippen LogP contribution in [0.1, 0.15) is 65.2 Å². The summed E-state index contributed by atoms with van der Waals surface area (Å²) in [6, 6.07) is 9.25. The summed E-state index contributed by atoms with van der Waals surface area (Å²) in [7, 11) is 0. The van der Waals surface area contributed by atoms with Crippen LogP contribution in [-0.2, 0) is 9.59 Å². The number of nitrogens with zero attached hydrogens (tertiary/aromatic N) is 2. The van der Waals surface area contributed by atoms with Crippen molar-refractivity contribution in [1.82, 2.24) is 10.2 Å². The molecule has 0 saturated carbocycles. The van der Waals surface area contributed by atoms with Gasteiger partial charge in [-0.25, -0.2) is 4.99 Å². The Balaban J connectivity index is 1.71. The third-order valence-corrected chi connectivity index (χ3v) is 5.38. The van der Waals surface area contributed by atoms with Crippen LogP contribution in [0, 0.1) is 0 Å². The Hall–Kier alpha value is -2.57. The molecule has 1 aliphatic heterocycles. The summed E-state index contributed by atoms with van der Waals surface area (Å²) in [5.41, 5.74) is 5.45. The standard InChI is InChI=1S/C23H36N4O3/c1-3-5-14-23(15-6-4-2)21(29)27(22(24)26-23)17-11-10-16-25-20(28)18-30-19-12-8-7-9-13-19/h7-9,12-13H,3-6,10-11,14-18H2,1-2H3,(H2,24,26)(H,25,28). The molecule has 0 radical (unpaired) electrons. The highest BCUT2D eigenvalue weighted by atomic mass is 16.5. The van der Waals surface area contributed by atoms with E-state index in [1.54, 1.807) is 4.90 Å². The normalized spacial score (nSPS) is 15.2. The van der Waals surface area contributed by atoms with Gasteiger partial charge in [0.1, 0.15) is 11.3 Å². The fourth-order valence-electron chi connectivity index (χ4n) is 3.63. The van der Waals surface area contributed by atoms with Crippen LogP contribution >= 0.6 is 0 Å². The molecule has 30 heavy (non-hydrogen) atoms. The SMILES string of the molecule is CCCCC1(CCCC)N=C(N)N(CCCCNC(=O)COc2ccccc2)C1=O. The van der Waals surface area contributed by atoms with Crippen molar-refractivity contribution in [3.8, 4) is 5.75 Å². The average molecular weight is 417 g/mol. The molecular formula is C23H36N4O3. The smallest absolute Gasteiger partial charge is 0.257 e. The molecule has 1 heterocycles. The number of nitrogens with one attached hydrogen (secondary N) is 1. The Labute approximate surface area is 180 Å². The van der Waals surface area contributed by atoms with Crippen LogP contribution in [-0.4, -0.2) is 47.9 Å². The highest BCUT2D eigenvalue weighted by Crippen LogP contribution is 2.32. The van der Waals surface area contributed by atoms with Crippen LogP contribution < -0.4 is 15.8 Å². The Morgan fingerprint density at radius 2 is 1.77 bits per heavy atom. The van der Waals surface area contributed by atoms with Gasteiger partial charge in [0.15, 0.2) is 12.6 Å². The molecule has 1 aromatic rings. The lowest BCUT2D eigenvalue weighted by Crippen LogP contribution is -2.45. The van der Waals surface area contributed by atoms with Crippen molar-refractivity contribution in [3.63, 3.8) is 0 Å². The molecule has 0 fully saturated rings. The summed E-state index contributed by atoms with van der Waals surface area (Å²) in [4.78, 5) is 31.2. The number of unbranched alkanes of at least 4 members (excludes halogenated alkanes) is 3. The van der Waals surface area contributed by atoms with Gasteiger partial charge in [-0.05, 0) is 37.8 Å². The predicted molar refractivity (Wildman–Crippen MR) is 119 cm³/mol. The summed E-state index contributed by atoms with van der Waals surface area (Å²) in [6.45, 7) is 5.30. The van der Waals surface area contributed by atoms with E-state index in [9.17, 15) is 9.59 Å². The number of benzene rings is 1. The maximum Gasteiger partial charge on any atom is 0.257 e. The third-order valence-electron chi connectivity index (χ3n) is 5.38. The Morgan fingerprint density at radius 1 is 1.10 bits per heavy atom. The van der Waals surface area contributed by atoms with Crippen molar-refractivity contribution < 1.29 is 14.3 Å². The van der Waals surface area contributed by atoms with Crippen molar-refractivity contribution in [2.45, 2.75) is 70.8 Å². The van der Waals surface area contributed by atoms with Gasteiger partial charge in [0.25, 0.3) is 11.8 Å². The molecule has 0 atom stereocenters. The van der Waals surface area contributed by atoms with Crippen molar-refractivity contribution in [1.29, 1.82) is 0 Å². The zero-order chi connectivity index (χ0) is 21.8. The first-order valence-corrected chi connectivity index (χ1v) is 11.1. The van der Waals surface area contributed by atoms with Gasteiger partial charge in [0, 0.05) is 13.1 Å². The fraction of sp³-hybridized carbons (Fsp3) is 0.609. The lowest BCUT2D eigenvalue weighted by Gasteiger charge is -2.26. The van der Waals surface area contributed by atoms with Gasteiger partial charge in [-0.1, -0.05) is 57.7 Å². The van der Waals surface area contributed by atoms with Gasteiger partial charge in [-0.2, -0.15) is 0 Å². The number of nitrogens with two attached hydrogens (primary N) is 1. The minimum Gasteiger partial charge on any atom is -0.484 e. The van der Waals surface area contributed by atoms with Crippen LogP contribution in [0.25, 0.3) is 0 Å². The molecule has 2 amide bonds. The van der Waals surface area contributed by atoms with Crippen LogP contribution in [0.5, 0.6) is 5.75 Å². The lowest BCUT2D eigenvalue weighted by molar-refractivity contribution is -0.132. The summed E-state index contributed by atoms with van der Waals surface area (Å²) in [5, 5.41) is 2.84. The summed E-state index contributed by atoms with van der Waals surface area (Å²) in [6.07, 6.45) is 7.03. The Kier molecular flexibility index (Phi) is 9.64. The van der Waals surface area contributed by atoms with E-state index in [0.717, 1.165) is 51.4 Å². The zero-order valence-corrected chi connectivity index (χ0v) is 18.4. The molecule has 3 N–H and O–H groups in total. The summed E-state index contributed by atoms with van der Waals surface area (Å²) in [5.74, 6) is 0.898. The number of carbonyl (C=O) groups excluding carboxylic acids is 2. The molecule has 1 aromatic carbocycles. The second-order valence-electron chi connectivity index (χ2n) is 7.82. The number of hydrogen-bond acceptors (Lipinski definition) is 5. The highest BCUT2D eigenvalue weighted by molar-refractivity contribution is 6.06. The van der Waals surface area contributed by atoms with Crippen LogP contribution in [0.2, 0.25) is 0 Å². The van der Waals surface area contributed by atoms with Gasteiger partial charge in [-0.3, -0.25) is 14.5 Å². The quantitative estimate of drug-likeness (QED) is 0.455. The highest BCUT2D eigenvalue weighted by Gasteiger charge is 2.46. The van der Waals surface area contributed by atoms with Crippen molar-refractivity contribution >= 4 is 17.8 Å². The first kappa shape index (κ1) is 23.7. The zero-order valence-electron chi connectivity index (χ0n) is 18.4. The molecule has 0 aliphatic carbocycles. The van der Waals surface area contributed by atoms with E-state index in [4.69, 9.17) is 10.5 Å². The van der Waals surface area contributed by atoms with Crippen molar-refractivity contribution in [2.24, 2.45) is 10.7 Å². The maximum absolute atomic E-state index is 13.1. The third kappa shape index (κ3) is 6.75. The summed E-state index contributed by atoms with van der Waals surface area (Å²) < 4.78 is 5.42. The van der Waals surface area contributed by atoms with Crippen LogP contribution in [0.4, 0.5) is 0 Å². The minimum absolute atomic E-state index is 0.00833. The second-order valence-corrected chi connectivity index (χ2v) is 7.82. The second kappa shape index (κ2) is 12.2. The Morgan fingerprint density at radius 3 is 2.40 bits per heavy atom. The number of para-hydroxylation sites is 1. The predicted octanol–water partition coefficient (Wildman–Crippen LogP) is 3.24. The molecule has 0 bridgehead atoms. The monoisotopic (exact) mass is 416 g/mol. The van der Waals surface area contributed by atoms with E-state index in [0.29, 0.717) is 24.8 Å². The number of carbonyl (C=O) groups is 2. The maximum atomic E-state index is 13.1. The molecule has 1 aliphatic rings. The van der Waals surface area contributed by atoms with E-state index in [1.807, 2.05) is 30.3 Å². The minimum atomic E-state index is -0.668. The first-order chi connectivity index (χ1) is 14.5. The summed E-state index contributed by atoms with van der Waals surface area (Å²) >= 11 is 0. The largest absolute Gasteiger partial charge is 0.484 e. The fourth-order valence-corrected chi connectivity index (χ4v) is 3.63. The number of amides is 2. The number of ether oxygens (including phenoxy) is 1. The van der Waals surface area contributed by atoms with E-state index in [1.165, 1.54) is 0 Å². The topological polar surface area (TPSA) is 97.0 Å². The molecule has 0 saturated heterocycles. The van der Waals surface area contributed by atoms with Gasteiger partial charge >= 0.3 is 0 Å². The van der Waals surface area contributed by atoms with Gasteiger partial charge in [0.05, 0.1) is 0 Å². The molecular weight excluding hydrogens is 380 g/mol. The molecule has 0 unspecified atom stereocenters. The molecule has 0 aromatic heterocycles. The van der Waals surface area contributed by atoms with Gasteiger partial charge in [-0.15, -0.1) is 0 Å². The van der Waals surface area contributed by atoms with Crippen molar-refractivity contribution in [3.05, 3.63) is 30.3 Å². The van der Waals surface area contributed by atoms with Crippen molar-refractivity contribution in [2.75, 3.05) is 19.7 Å².